The molecule has 0 aliphatic rings. The van der Waals surface area contributed by atoms with Gasteiger partial charge in [0.05, 0.1) is 27.8 Å². The number of benzene rings is 11. The number of hydrogen-bond acceptors (Lipinski definition) is 0. The molecular formula is C64H42N2Si. The van der Waals surface area contributed by atoms with Crippen LogP contribution in [0.1, 0.15) is 5.56 Å². The lowest BCUT2D eigenvalue weighted by molar-refractivity contribution is 1.18. The molecule has 2 aromatic heterocycles. The lowest BCUT2D eigenvalue weighted by Gasteiger charge is -2.28. The van der Waals surface area contributed by atoms with Crippen LogP contribution in [0.5, 0.6) is 0 Å². The third kappa shape index (κ3) is 6.12. The van der Waals surface area contributed by atoms with Crippen LogP contribution in [0.25, 0.3) is 87.7 Å². The summed E-state index contributed by atoms with van der Waals surface area (Å²) in [5, 5.41) is 13.3. The van der Waals surface area contributed by atoms with Crippen molar-refractivity contribution in [3.63, 3.8) is 0 Å². The Hall–Kier alpha value is -8.68. The smallest absolute Gasteiger partial charge is 0.230 e. The summed E-state index contributed by atoms with van der Waals surface area (Å²) in [5.74, 6) is 4.05. The summed E-state index contributed by atoms with van der Waals surface area (Å²) < 4.78 is 4.89. The molecule has 0 atom stereocenters. The van der Waals surface area contributed by atoms with Gasteiger partial charge in [0.2, 0.25) is 8.07 Å². The molecule has 3 heteroatoms. The van der Waals surface area contributed by atoms with E-state index in [0.29, 0.717) is 0 Å². The van der Waals surface area contributed by atoms with Crippen LogP contribution in [0.2, 0.25) is 0 Å². The van der Waals surface area contributed by atoms with Crippen molar-refractivity contribution in [1.82, 2.24) is 9.13 Å². The van der Waals surface area contributed by atoms with E-state index in [0.717, 1.165) is 22.0 Å². The number of rotatable bonds is 6. The first-order chi connectivity index (χ1) is 33.3. The van der Waals surface area contributed by atoms with Crippen LogP contribution >= 0.6 is 0 Å². The highest BCUT2D eigenvalue weighted by Gasteiger charge is 2.39. The first-order valence-corrected chi connectivity index (χ1v) is 25.0. The van der Waals surface area contributed by atoms with Crippen molar-refractivity contribution in [1.29, 1.82) is 0 Å². The Morgan fingerprint density at radius 3 is 1.31 bits per heavy atom. The van der Waals surface area contributed by atoms with Crippen LogP contribution < -0.4 is 15.6 Å². The van der Waals surface area contributed by atoms with E-state index in [2.05, 4.69) is 275 Å². The maximum Gasteiger partial charge on any atom is 0.230 e. The van der Waals surface area contributed by atoms with E-state index < -0.39 is 8.07 Å². The Kier molecular flexibility index (Phi) is 9.13. The molecule has 0 aliphatic carbocycles. The lowest BCUT2D eigenvalue weighted by atomic mass is 9.94. The molecule has 0 bridgehead atoms. The summed E-state index contributed by atoms with van der Waals surface area (Å²) in [6.45, 7) is 0. The van der Waals surface area contributed by atoms with Crippen molar-refractivity contribution in [3.8, 4) is 34.0 Å². The van der Waals surface area contributed by atoms with Gasteiger partial charge in [-0.25, -0.2) is 0 Å². The predicted octanol–water partition coefficient (Wildman–Crippen LogP) is 13.9. The molecule has 0 saturated heterocycles. The molecule has 11 aromatic carbocycles. The standard InChI is InChI=1S/C64H42N2Si/c1-5-21-45(22-6-1)46-37-39-63-58(43-46)54-31-18-20-36-61(54)66(63)64-56-33-15-13-29-51(56)53(52-30-14-16-34-57(52)64)41-42-67(48-25-9-3-10-26-48,49-27-11-4-12-28-49)50-38-40-62-59(44-50)55-32-17-19-35-60(55)65(62)47-23-7-2-8-24-47/h1-40,43-44H. The van der Waals surface area contributed by atoms with E-state index in [9.17, 15) is 0 Å². The van der Waals surface area contributed by atoms with Gasteiger partial charge in [-0.05, 0) is 69.2 Å². The lowest BCUT2D eigenvalue weighted by Crippen LogP contribution is -2.66. The highest BCUT2D eigenvalue weighted by molar-refractivity contribution is 7.17. The van der Waals surface area contributed by atoms with Crippen LogP contribution in [0.15, 0.2) is 255 Å². The molecule has 0 amide bonds. The second kappa shape index (κ2) is 15.8. The topological polar surface area (TPSA) is 9.86 Å². The van der Waals surface area contributed by atoms with E-state index >= 15 is 0 Å². The van der Waals surface area contributed by atoms with E-state index in [1.54, 1.807) is 0 Å². The average Bonchev–Trinajstić information content (AvgIpc) is 3.92. The highest BCUT2D eigenvalue weighted by atomic mass is 28.3. The Balaban J connectivity index is 1.09. The van der Waals surface area contributed by atoms with Crippen LogP contribution in [0.4, 0.5) is 0 Å². The van der Waals surface area contributed by atoms with Crippen LogP contribution in [0, 0.1) is 11.5 Å². The molecule has 13 aromatic rings. The summed E-state index contributed by atoms with van der Waals surface area (Å²) in [4.78, 5) is 0. The molecule has 0 unspecified atom stereocenters. The summed E-state index contributed by atoms with van der Waals surface area (Å²) in [6, 6.07) is 93.1. The largest absolute Gasteiger partial charge is 0.309 e. The average molecular weight is 867 g/mol. The predicted molar refractivity (Wildman–Crippen MR) is 286 cm³/mol. The zero-order valence-corrected chi connectivity index (χ0v) is 37.6. The van der Waals surface area contributed by atoms with E-state index in [1.807, 2.05) is 0 Å². The third-order valence-electron chi connectivity index (χ3n) is 13.8. The van der Waals surface area contributed by atoms with E-state index in [4.69, 9.17) is 0 Å². The fourth-order valence-corrected chi connectivity index (χ4v) is 14.6. The van der Waals surface area contributed by atoms with Crippen LogP contribution in [0.3, 0.4) is 0 Å². The molecule has 0 spiro atoms. The molecule has 67 heavy (non-hydrogen) atoms. The first kappa shape index (κ1) is 38.7. The van der Waals surface area contributed by atoms with Crippen molar-refractivity contribution in [2.75, 3.05) is 0 Å². The Labute approximate surface area is 390 Å². The Bertz CT molecular complexity index is 3990. The fraction of sp³-hybridized carbons (Fsp3) is 0. The molecule has 2 nitrogen and oxygen atoms in total. The van der Waals surface area contributed by atoms with Crippen molar-refractivity contribution >= 4 is 88.8 Å². The molecule has 2 heterocycles. The first-order valence-electron chi connectivity index (χ1n) is 23.0. The van der Waals surface area contributed by atoms with Gasteiger partial charge in [-0.3, -0.25) is 0 Å². The van der Waals surface area contributed by atoms with E-state index in [1.165, 1.54) is 86.8 Å². The Morgan fingerprint density at radius 2 is 0.716 bits per heavy atom. The molecular weight excluding hydrogens is 825 g/mol. The van der Waals surface area contributed by atoms with Gasteiger partial charge in [0, 0.05) is 54.3 Å². The number of fused-ring (bicyclic) bond motifs is 8. The fourth-order valence-electron chi connectivity index (χ4n) is 10.8. The van der Waals surface area contributed by atoms with Crippen molar-refractivity contribution < 1.29 is 0 Å². The van der Waals surface area contributed by atoms with Crippen LogP contribution in [-0.4, -0.2) is 17.2 Å². The molecule has 312 valence electrons. The minimum absolute atomic E-state index is 1.05. The van der Waals surface area contributed by atoms with Gasteiger partial charge in [0.15, 0.2) is 0 Å². The SMILES string of the molecule is C(#C[Si](c1ccccc1)(c1ccccc1)c1ccc2c(c1)c1ccccc1n2-c1ccccc1)c1c2ccccc2c(-n2c3ccccc3c3cc(-c4ccccc4)ccc32)c2ccccc12. The van der Waals surface area contributed by atoms with Gasteiger partial charge in [0.25, 0.3) is 0 Å². The van der Waals surface area contributed by atoms with Gasteiger partial charge < -0.3 is 9.13 Å². The number of hydrogen-bond donors (Lipinski definition) is 0. The zero-order valence-electron chi connectivity index (χ0n) is 36.6. The Morgan fingerprint density at radius 1 is 0.284 bits per heavy atom. The summed E-state index contributed by atoms with van der Waals surface area (Å²) in [7, 11) is -3.10. The van der Waals surface area contributed by atoms with E-state index in [-0.39, 0.29) is 0 Å². The quantitative estimate of drug-likeness (QED) is 0.0682. The zero-order chi connectivity index (χ0) is 44.3. The van der Waals surface area contributed by atoms with Gasteiger partial charge >= 0.3 is 0 Å². The summed E-state index contributed by atoms with van der Waals surface area (Å²) in [5.41, 5.74) is 14.8. The van der Waals surface area contributed by atoms with Gasteiger partial charge in [-0.1, -0.05) is 218 Å². The minimum Gasteiger partial charge on any atom is -0.309 e. The number of para-hydroxylation sites is 3. The maximum atomic E-state index is 4.24. The van der Waals surface area contributed by atoms with Crippen LogP contribution in [-0.2, 0) is 0 Å². The molecule has 0 fully saturated rings. The van der Waals surface area contributed by atoms with Gasteiger partial charge in [0.1, 0.15) is 0 Å². The molecule has 0 aliphatic heterocycles. The molecule has 0 saturated carbocycles. The molecule has 0 radical (unpaired) electrons. The van der Waals surface area contributed by atoms with Gasteiger partial charge in [-0.2, -0.15) is 0 Å². The number of aromatic nitrogens is 2. The monoisotopic (exact) mass is 866 g/mol. The van der Waals surface area contributed by atoms with Crippen molar-refractivity contribution in [2.24, 2.45) is 0 Å². The van der Waals surface area contributed by atoms with Crippen molar-refractivity contribution in [2.45, 2.75) is 0 Å². The highest BCUT2D eigenvalue weighted by Crippen LogP contribution is 2.41. The number of nitrogens with zero attached hydrogens (tertiary/aromatic N) is 2. The second-order valence-electron chi connectivity index (χ2n) is 17.4. The normalized spacial score (nSPS) is 11.8. The summed E-state index contributed by atoms with van der Waals surface area (Å²) >= 11 is 0. The minimum atomic E-state index is -3.10. The summed E-state index contributed by atoms with van der Waals surface area (Å²) in [6.07, 6.45) is 0. The second-order valence-corrected chi connectivity index (χ2v) is 20.9. The van der Waals surface area contributed by atoms with Crippen molar-refractivity contribution in [3.05, 3.63) is 260 Å². The maximum absolute atomic E-state index is 4.24. The molecule has 0 N–H and O–H groups in total. The van der Waals surface area contributed by atoms with Gasteiger partial charge in [-0.15, -0.1) is 5.54 Å². The molecule has 13 rings (SSSR count). The third-order valence-corrected chi connectivity index (χ3v) is 17.9.